The monoisotopic (exact) mass is 215 g/mol. The zero-order valence-electron chi connectivity index (χ0n) is 9.86. The zero-order chi connectivity index (χ0) is 11.3. The lowest BCUT2D eigenvalue weighted by atomic mass is 9.91. The van der Waals surface area contributed by atoms with Crippen LogP contribution in [0.4, 0.5) is 0 Å². The topological polar surface area (TPSA) is 38.8 Å². The van der Waals surface area contributed by atoms with Gasteiger partial charge in [0.2, 0.25) is 0 Å². The fourth-order valence-electron chi connectivity index (χ4n) is 2.08. The van der Waals surface area contributed by atoms with Crippen LogP contribution in [0.2, 0.25) is 0 Å². The van der Waals surface area contributed by atoms with Crippen molar-refractivity contribution in [3.8, 4) is 0 Å². The van der Waals surface area contributed by atoms with E-state index < -0.39 is 0 Å². The number of hydrogen-bond donors (Lipinski definition) is 0. The molecule has 88 valence electrons. The van der Waals surface area contributed by atoms with Crippen molar-refractivity contribution in [1.29, 1.82) is 0 Å². The lowest BCUT2D eigenvalue weighted by Gasteiger charge is -2.32. The predicted octanol–water partition coefficient (Wildman–Crippen LogP) is 0.906. The molecule has 0 aromatic heterocycles. The number of nitrogens with zero attached hydrogens (tertiary/aromatic N) is 1. The van der Waals surface area contributed by atoms with Gasteiger partial charge in [0, 0.05) is 13.2 Å². The lowest BCUT2D eigenvalue weighted by Crippen LogP contribution is -2.45. The third-order valence-electron chi connectivity index (χ3n) is 2.80. The Balaban J connectivity index is 2.59. The third kappa shape index (κ3) is 3.47. The van der Waals surface area contributed by atoms with Crippen molar-refractivity contribution >= 4 is 5.97 Å². The quantitative estimate of drug-likeness (QED) is 0.653. The molecule has 0 aromatic rings. The van der Waals surface area contributed by atoms with Crippen LogP contribution < -0.4 is 0 Å². The van der Waals surface area contributed by atoms with E-state index in [0.29, 0.717) is 12.5 Å². The number of carbonyl (C=O) groups is 1. The van der Waals surface area contributed by atoms with Crippen LogP contribution in [-0.4, -0.2) is 50.8 Å². The Bertz CT molecular complexity index is 200. The summed E-state index contributed by atoms with van der Waals surface area (Å²) in [7, 11) is 3.86. The summed E-state index contributed by atoms with van der Waals surface area (Å²) in [6.07, 6.45) is 1.89. The van der Waals surface area contributed by atoms with E-state index in [1.54, 1.807) is 0 Å². The van der Waals surface area contributed by atoms with E-state index in [1.807, 2.05) is 25.9 Å². The van der Waals surface area contributed by atoms with Gasteiger partial charge >= 0.3 is 5.97 Å². The minimum Gasteiger partial charge on any atom is -0.465 e. The summed E-state index contributed by atoms with van der Waals surface area (Å²) >= 11 is 0. The van der Waals surface area contributed by atoms with E-state index in [0.717, 1.165) is 26.1 Å². The Kier molecular flexibility index (Phi) is 5.05. The van der Waals surface area contributed by atoms with Gasteiger partial charge in [-0.25, -0.2) is 0 Å². The van der Waals surface area contributed by atoms with Crippen molar-refractivity contribution in [1.82, 2.24) is 4.90 Å². The van der Waals surface area contributed by atoms with E-state index in [2.05, 4.69) is 0 Å². The van der Waals surface area contributed by atoms with Crippen molar-refractivity contribution in [2.75, 3.05) is 33.9 Å². The van der Waals surface area contributed by atoms with Gasteiger partial charge in [-0.3, -0.25) is 9.69 Å². The Morgan fingerprint density at radius 2 is 2.07 bits per heavy atom. The van der Waals surface area contributed by atoms with Crippen LogP contribution in [0.15, 0.2) is 0 Å². The van der Waals surface area contributed by atoms with Crippen molar-refractivity contribution in [3.63, 3.8) is 0 Å². The van der Waals surface area contributed by atoms with Gasteiger partial charge in [-0.05, 0) is 39.8 Å². The van der Waals surface area contributed by atoms with Crippen LogP contribution in [0, 0.1) is 5.92 Å². The molecule has 0 radical (unpaired) electrons. The zero-order valence-corrected chi connectivity index (χ0v) is 9.86. The first-order chi connectivity index (χ1) is 7.16. The van der Waals surface area contributed by atoms with Crippen LogP contribution in [0.3, 0.4) is 0 Å². The predicted molar refractivity (Wildman–Crippen MR) is 57.7 cm³/mol. The molecule has 1 rings (SSSR count). The third-order valence-corrected chi connectivity index (χ3v) is 2.80. The van der Waals surface area contributed by atoms with Gasteiger partial charge in [-0.2, -0.15) is 0 Å². The molecule has 15 heavy (non-hydrogen) atoms. The van der Waals surface area contributed by atoms with Gasteiger partial charge in [-0.15, -0.1) is 0 Å². The minimum atomic E-state index is -0.117. The maximum absolute atomic E-state index is 11.8. The first-order valence-electron chi connectivity index (χ1n) is 5.57. The fourth-order valence-corrected chi connectivity index (χ4v) is 2.08. The molecule has 0 N–H and O–H groups in total. The molecule has 1 atom stereocenters. The molecular weight excluding hydrogens is 194 g/mol. The summed E-state index contributed by atoms with van der Waals surface area (Å²) in [5, 5.41) is 0. The number of esters is 1. The molecule has 1 fully saturated rings. The van der Waals surface area contributed by atoms with Gasteiger partial charge in [-0.1, -0.05) is 0 Å². The number of rotatable bonds is 4. The Hall–Kier alpha value is -0.610. The Morgan fingerprint density at radius 3 is 2.53 bits per heavy atom. The Labute approximate surface area is 91.5 Å². The van der Waals surface area contributed by atoms with Gasteiger partial charge in [0.05, 0.1) is 6.61 Å². The molecule has 1 heterocycles. The largest absolute Gasteiger partial charge is 0.465 e. The second-order valence-electron chi connectivity index (χ2n) is 4.11. The van der Waals surface area contributed by atoms with E-state index >= 15 is 0 Å². The molecule has 0 aliphatic carbocycles. The van der Waals surface area contributed by atoms with Gasteiger partial charge in [0.1, 0.15) is 6.04 Å². The maximum Gasteiger partial charge on any atom is 0.323 e. The number of ether oxygens (including phenoxy) is 2. The molecule has 1 unspecified atom stereocenters. The molecule has 1 aliphatic heterocycles. The SMILES string of the molecule is CCOC(=O)C(C1CCOCC1)N(C)C. The molecule has 0 aromatic carbocycles. The van der Waals surface area contributed by atoms with E-state index in [-0.39, 0.29) is 12.0 Å². The molecule has 4 nitrogen and oxygen atoms in total. The van der Waals surface area contributed by atoms with Crippen LogP contribution in [0.25, 0.3) is 0 Å². The normalized spacial score (nSPS) is 20.3. The summed E-state index contributed by atoms with van der Waals surface area (Å²) in [5.41, 5.74) is 0. The molecular formula is C11H21NO3. The lowest BCUT2D eigenvalue weighted by molar-refractivity contribution is -0.152. The molecule has 0 bridgehead atoms. The van der Waals surface area contributed by atoms with E-state index in [1.165, 1.54) is 0 Å². The molecule has 1 saturated heterocycles. The summed E-state index contributed by atoms with van der Waals surface area (Å²) in [6, 6.07) is -0.117. The van der Waals surface area contributed by atoms with Crippen molar-refractivity contribution in [2.45, 2.75) is 25.8 Å². The van der Waals surface area contributed by atoms with Gasteiger partial charge in [0.15, 0.2) is 0 Å². The van der Waals surface area contributed by atoms with Crippen molar-refractivity contribution < 1.29 is 14.3 Å². The Morgan fingerprint density at radius 1 is 1.47 bits per heavy atom. The van der Waals surface area contributed by atoms with Crippen LogP contribution in [0.1, 0.15) is 19.8 Å². The fraction of sp³-hybridized carbons (Fsp3) is 0.909. The first-order valence-corrected chi connectivity index (χ1v) is 5.57. The second kappa shape index (κ2) is 6.08. The van der Waals surface area contributed by atoms with Gasteiger partial charge in [0.25, 0.3) is 0 Å². The van der Waals surface area contributed by atoms with E-state index in [4.69, 9.17) is 9.47 Å². The average molecular weight is 215 g/mol. The highest BCUT2D eigenvalue weighted by Crippen LogP contribution is 2.22. The van der Waals surface area contributed by atoms with Crippen LogP contribution in [0.5, 0.6) is 0 Å². The summed E-state index contributed by atoms with van der Waals surface area (Å²) in [4.78, 5) is 13.7. The highest BCUT2D eigenvalue weighted by Gasteiger charge is 2.32. The highest BCUT2D eigenvalue weighted by atomic mass is 16.5. The van der Waals surface area contributed by atoms with Crippen LogP contribution in [-0.2, 0) is 14.3 Å². The van der Waals surface area contributed by atoms with E-state index in [9.17, 15) is 4.79 Å². The summed E-state index contributed by atoms with van der Waals surface area (Å²) in [6.45, 7) is 3.81. The molecule has 1 aliphatic rings. The average Bonchev–Trinajstić information content (AvgIpc) is 2.19. The smallest absolute Gasteiger partial charge is 0.323 e. The summed E-state index contributed by atoms with van der Waals surface area (Å²) < 4.78 is 10.4. The summed E-state index contributed by atoms with van der Waals surface area (Å²) in [5.74, 6) is 0.266. The molecule has 0 amide bonds. The highest BCUT2D eigenvalue weighted by molar-refractivity contribution is 5.76. The second-order valence-corrected chi connectivity index (χ2v) is 4.11. The van der Waals surface area contributed by atoms with Crippen molar-refractivity contribution in [3.05, 3.63) is 0 Å². The van der Waals surface area contributed by atoms with Gasteiger partial charge < -0.3 is 9.47 Å². The molecule has 0 saturated carbocycles. The maximum atomic E-state index is 11.8. The van der Waals surface area contributed by atoms with Crippen molar-refractivity contribution in [2.24, 2.45) is 5.92 Å². The standard InChI is InChI=1S/C11H21NO3/c1-4-15-11(13)10(12(2)3)9-5-7-14-8-6-9/h9-10H,4-8H2,1-3H3. The number of likely N-dealkylation sites (N-methyl/N-ethyl adjacent to an activating group) is 1. The first kappa shape index (κ1) is 12.5. The molecule has 4 heteroatoms. The molecule has 0 spiro atoms. The number of hydrogen-bond acceptors (Lipinski definition) is 4. The van der Waals surface area contributed by atoms with Crippen LogP contribution >= 0.6 is 0 Å². The number of carbonyl (C=O) groups excluding carboxylic acids is 1. The minimum absolute atomic E-state index is 0.102.